The highest BCUT2D eigenvalue weighted by atomic mass is 79.9. The number of hydrogen-bond acceptors (Lipinski definition) is 3. The van der Waals surface area contributed by atoms with Gasteiger partial charge in [-0.3, -0.25) is 4.79 Å². The Morgan fingerprint density at radius 3 is 2.80 bits per heavy atom. The molecule has 20 heavy (non-hydrogen) atoms. The molecule has 1 heterocycles. The van der Waals surface area contributed by atoms with Crippen LogP contribution in [0.25, 0.3) is 0 Å². The van der Waals surface area contributed by atoms with Crippen molar-refractivity contribution in [3.8, 4) is 0 Å². The van der Waals surface area contributed by atoms with Gasteiger partial charge in [0.05, 0.1) is 15.2 Å². The van der Waals surface area contributed by atoms with E-state index in [2.05, 4.69) is 31.5 Å². The highest BCUT2D eigenvalue weighted by molar-refractivity contribution is 9.10. The first-order chi connectivity index (χ1) is 9.61. The number of amides is 1. The van der Waals surface area contributed by atoms with E-state index in [-0.39, 0.29) is 5.91 Å². The zero-order valence-electron chi connectivity index (χ0n) is 10.8. The van der Waals surface area contributed by atoms with E-state index in [1.165, 1.54) is 0 Å². The van der Waals surface area contributed by atoms with E-state index in [1.807, 2.05) is 13.0 Å². The molecule has 0 unspecified atom stereocenters. The predicted octanol–water partition coefficient (Wildman–Crippen LogP) is 4.18. The maximum atomic E-state index is 12.2. The summed E-state index contributed by atoms with van der Waals surface area (Å²) in [5.41, 5.74) is 0.952. The van der Waals surface area contributed by atoms with Gasteiger partial charge in [0.25, 0.3) is 5.91 Å². The van der Waals surface area contributed by atoms with Gasteiger partial charge in [0.15, 0.2) is 0 Å². The minimum atomic E-state index is -0.285. The van der Waals surface area contributed by atoms with Crippen LogP contribution in [-0.4, -0.2) is 17.4 Å². The summed E-state index contributed by atoms with van der Waals surface area (Å²) in [4.78, 5) is 16.4. The van der Waals surface area contributed by atoms with Crippen molar-refractivity contribution in [1.29, 1.82) is 0 Å². The molecule has 104 valence electrons. The summed E-state index contributed by atoms with van der Waals surface area (Å²) in [7, 11) is 0. The quantitative estimate of drug-likeness (QED) is 0.866. The SMILES string of the molecule is CCNc1cccc(C(=O)Nc2cccc(Cl)c2Br)n1. The number of nitrogens with zero attached hydrogens (tertiary/aromatic N) is 1. The fourth-order valence-corrected chi connectivity index (χ4v) is 2.17. The van der Waals surface area contributed by atoms with Crippen LogP contribution in [0, 0.1) is 0 Å². The van der Waals surface area contributed by atoms with Crippen molar-refractivity contribution in [2.45, 2.75) is 6.92 Å². The van der Waals surface area contributed by atoms with Crippen molar-refractivity contribution in [1.82, 2.24) is 4.98 Å². The summed E-state index contributed by atoms with van der Waals surface area (Å²) in [6, 6.07) is 10.5. The Hall–Kier alpha value is -1.59. The van der Waals surface area contributed by atoms with Crippen LogP contribution >= 0.6 is 27.5 Å². The lowest BCUT2D eigenvalue weighted by atomic mass is 10.3. The van der Waals surface area contributed by atoms with Gasteiger partial charge in [-0.25, -0.2) is 4.98 Å². The lowest BCUT2D eigenvalue weighted by Gasteiger charge is -2.09. The molecule has 0 saturated heterocycles. The molecule has 2 rings (SSSR count). The smallest absolute Gasteiger partial charge is 0.274 e. The zero-order chi connectivity index (χ0) is 14.5. The van der Waals surface area contributed by atoms with Crippen LogP contribution in [0.4, 0.5) is 11.5 Å². The average molecular weight is 355 g/mol. The molecule has 4 nitrogen and oxygen atoms in total. The maximum Gasteiger partial charge on any atom is 0.274 e. The molecule has 0 bridgehead atoms. The lowest BCUT2D eigenvalue weighted by Crippen LogP contribution is -2.15. The molecular weight excluding hydrogens is 342 g/mol. The Kier molecular flexibility index (Phi) is 4.98. The van der Waals surface area contributed by atoms with E-state index in [0.29, 0.717) is 26.7 Å². The number of carbonyl (C=O) groups excluding carboxylic acids is 1. The summed E-state index contributed by atoms with van der Waals surface area (Å²) >= 11 is 9.33. The molecule has 1 aromatic heterocycles. The number of pyridine rings is 1. The first-order valence-electron chi connectivity index (χ1n) is 6.08. The lowest BCUT2D eigenvalue weighted by molar-refractivity contribution is 0.102. The second kappa shape index (κ2) is 6.72. The van der Waals surface area contributed by atoms with Gasteiger partial charge in [-0.15, -0.1) is 0 Å². The standard InChI is InChI=1S/C14H13BrClN3O/c1-2-17-12-8-4-7-11(18-12)14(20)19-10-6-3-5-9(16)13(10)15/h3-8H,2H2,1H3,(H,17,18)(H,19,20). The number of hydrogen-bond donors (Lipinski definition) is 2. The molecule has 1 amide bonds. The van der Waals surface area contributed by atoms with Crippen LogP contribution in [0.5, 0.6) is 0 Å². The minimum absolute atomic E-state index is 0.285. The van der Waals surface area contributed by atoms with Crippen molar-refractivity contribution >= 4 is 44.9 Å². The number of benzene rings is 1. The molecule has 0 aliphatic heterocycles. The third kappa shape index (κ3) is 3.49. The van der Waals surface area contributed by atoms with E-state index in [1.54, 1.807) is 30.3 Å². The van der Waals surface area contributed by atoms with Crippen LogP contribution in [-0.2, 0) is 0 Å². The van der Waals surface area contributed by atoms with Crippen LogP contribution in [0.3, 0.4) is 0 Å². The average Bonchev–Trinajstić information content (AvgIpc) is 2.44. The van der Waals surface area contributed by atoms with Crippen molar-refractivity contribution in [3.05, 3.63) is 51.6 Å². The molecule has 0 saturated carbocycles. The molecule has 0 radical (unpaired) electrons. The first-order valence-corrected chi connectivity index (χ1v) is 7.25. The Morgan fingerprint density at radius 1 is 1.30 bits per heavy atom. The minimum Gasteiger partial charge on any atom is -0.370 e. The molecule has 2 N–H and O–H groups in total. The highest BCUT2D eigenvalue weighted by Gasteiger charge is 2.11. The van der Waals surface area contributed by atoms with E-state index < -0.39 is 0 Å². The van der Waals surface area contributed by atoms with Crippen molar-refractivity contribution in [3.63, 3.8) is 0 Å². The van der Waals surface area contributed by atoms with Crippen LogP contribution < -0.4 is 10.6 Å². The van der Waals surface area contributed by atoms with Gasteiger partial charge < -0.3 is 10.6 Å². The number of nitrogens with one attached hydrogen (secondary N) is 2. The second-order valence-electron chi connectivity index (χ2n) is 3.99. The van der Waals surface area contributed by atoms with Crippen LogP contribution in [0.1, 0.15) is 17.4 Å². The number of halogens is 2. The zero-order valence-corrected chi connectivity index (χ0v) is 13.1. The molecule has 2 aromatic rings. The van der Waals surface area contributed by atoms with Crippen molar-refractivity contribution in [2.24, 2.45) is 0 Å². The first kappa shape index (κ1) is 14.8. The summed E-state index contributed by atoms with van der Waals surface area (Å²) in [5, 5.41) is 6.38. The molecule has 0 aliphatic carbocycles. The number of aromatic nitrogens is 1. The van der Waals surface area contributed by atoms with E-state index in [4.69, 9.17) is 11.6 Å². The molecular formula is C14H13BrClN3O. The van der Waals surface area contributed by atoms with Gasteiger partial charge >= 0.3 is 0 Å². The van der Waals surface area contributed by atoms with Gasteiger partial charge in [0, 0.05) is 6.54 Å². The summed E-state index contributed by atoms with van der Waals surface area (Å²) in [5.74, 6) is 0.387. The number of rotatable bonds is 4. The maximum absolute atomic E-state index is 12.2. The van der Waals surface area contributed by atoms with Gasteiger partial charge in [-0.05, 0) is 47.1 Å². The highest BCUT2D eigenvalue weighted by Crippen LogP contribution is 2.30. The third-order valence-electron chi connectivity index (χ3n) is 2.54. The number of anilines is 2. The molecule has 0 spiro atoms. The fourth-order valence-electron chi connectivity index (χ4n) is 1.63. The topological polar surface area (TPSA) is 54.0 Å². The predicted molar refractivity (Wildman–Crippen MR) is 85.5 cm³/mol. The summed E-state index contributed by atoms with van der Waals surface area (Å²) in [6.45, 7) is 2.72. The largest absolute Gasteiger partial charge is 0.370 e. The van der Waals surface area contributed by atoms with E-state index in [0.717, 1.165) is 6.54 Å². The fraction of sp³-hybridized carbons (Fsp3) is 0.143. The third-order valence-corrected chi connectivity index (χ3v) is 3.94. The molecule has 1 aromatic carbocycles. The van der Waals surface area contributed by atoms with Gasteiger partial charge in [0.1, 0.15) is 11.5 Å². The summed E-state index contributed by atoms with van der Waals surface area (Å²) in [6.07, 6.45) is 0. The van der Waals surface area contributed by atoms with Crippen LogP contribution in [0.15, 0.2) is 40.9 Å². The Balaban J connectivity index is 2.19. The Labute approximate surface area is 130 Å². The Bertz CT molecular complexity index is 634. The molecule has 0 aliphatic rings. The van der Waals surface area contributed by atoms with E-state index in [9.17, 15) is 4.79 Å². The number of carbonyl (C=O) groups is 1. The van der Waals surface area contributed by atoms with Crippen molar-refractivity contribution < 1.29 is 4.79 Å². The molecule has 6 heteroatoms. The van der Waals surface area contributed by atoms with Gasteiger partial charge in [0.2, 0.25) is 0 Å². The van der Waals surface area contributed by atoms with E-state index >= 15 is 0 Å². The van der Waals surface area contributed by atoms with Gasteiger partial charge in [-0.1, -0.05) is 23.7 Å². The second-order valence-corrected chi connectivity index (χ2v) is 5.19. The van der Waals surface area contributed by atoms with Crippen LogP contribution in [0.2, 0.25) is 5.02 Å². The normalized spacial score (nSPS) is 10.2. The molecule has 0 fully saturated rings. The van der Waals surface area contributed by atoms with Crippen molar-refractivity contribution in [2.75, 3.05) is 17.2 Å². The van der Waals surface area contributed by atoms with Gasteiger partial charge in [-0.2, -0.15) is 0 Å². The molecule has 0 atom stereocenters. The monoisotopic (exact) mass is 353 g/mol. The Morgan fingerprint density at radius 2 is 2.05 bits per heavy atom. The summed E-state index contributed by atoms with van der Waals surface area (Å²) < 4.78 is 0.651.